The number of aryl methyl sites for hydroxylation is 1. The Morgan fingerprint density at radius 2 is 2.22 bits per heavy atom. The molecule has 1 heterocycles. The Hall–Kier alpha value is -1.33. The van der Waals surface area contributed by atoms with Crippen molar-refractivity contribution in [1.29, 1.82) is 0 Å². The molecule has 0 saturated carbocycles. The number of ether oxygens (including phenoxy) is 1. The summed E-state index contributed by atoms with van der Waals surface area (Å²) in [6.07, 6.45) is 0.545. The molecule has 0 amide bonds. The van der Waals surface area contributed by atoms with E-state index in [2.05, 4.69) is 21.0 Å². The van der Waals surface area contributed by atoms with Gasteiger partial charge in [-0.3, -0.25) is 0 Å². The van der Waals surface area contributed by atoms with Crippen LogP contribution in [0.15, 0.2) is 28.7 Å². The SMILES string of the molecule is COc1c(CCO)c(C)nn1-c1cccc(Br)c1. The number of aliphatic hydroxyl groups excluding tert-OH is 1. The van der Waals surface area contributed by atoms with E-state index in [0.29, 0.717) is 12.3 Å². The fourth-order valence-electron chi connectivity index (χ4n) is 1.93. The molecule has 0 aliphatic rings. The van der Waals surface area contributed by atoms with Crippen LogP contribution in [0.4, 0.5) is 0 Å². The Morgan fingerprint density at radius 3 is 2.83 bits per heavy atom. The summed E-state index contributed by atoms with van der Waals surface area (Å²) in [6.45, 7) is 2.00. The van der Waals surface area contributed by atoms with Crippen LogP contribution in [0.5, 0.6) is 5.88 Å². The lowest BCUT2D eigenvalue weighted by molar-refractivity contribution is 0.295. The first-order valence-electron chi connectivity index (χ1n) is 5.66. The van der Waals surface area contributed by atoms with E-state index in [1.165, 1.54) is 0 Å². The van der Waals surface area contributed by atoms with E-state index in [1.807, 2.05) is 31.2 Å². The Kier molecular flexibility index (Phi) is 4.04. The minimum atomic E-state index is 0.0847. The van der Waals surface area contributed by atoms with Crippen molar-refractivity contribution < 1.29 is 9.84 Å². The summed E-state index contributed by atoms with van der Waals surface area (Å²) in [5, 5.41) is 13.6. The molecule has 2 aromatic rings. The number of aliphatic hydroxyl groups is 1. The Bertz CT molecular complexity index is 552. The normalized spacial score (nSPS) is 10.7. The summed E-state index contributed by atoms with van der Waals surface area (Å²) in [6, 6.07) is 7.84. The highest BCUT2D eigenvalue weighted by Crippen LogP contribution is 2.27. The van der Waals surface area contributed by atoms with Crippen LogP contribution in [-0.4, -0.2) is 28.6 Å². The molecular weight excluding hydrogens is 296 g/mol. The largest absolute Gasteiger partial charge is 0.481 e. The molecule has 0 spiro atoms. The molecule has 0 aliphatic carbocycles. The van der Waals surface area contributed by atoms with Crippen molar-refractivity contribution in [1.82, 2.24) is 9.78 Å². The van der Waals surface area contributed by atoms with Crippen LogP contribution in [0.3, 0.4) is 0 Å². The van der Waals surface area contributed by atoms with Crippen LogP contribution in [0, 0.1) is 6.92 Å². The molecule has 0 bridgehead atoms. The summed E-state index contributed by atoms with van der Waals surface area (Å²) in [4.78, 5) is 0. The Balaban J connectivity index is 2.54. The summed E-state index contributed by atoms with van der Waals surface area (Å²) in [7, 11) is 1.62. The zero-order valence-corrected chi connectivity index (χ0v) is 11.9. The van der Waals surface area contributed by atoms with Crippen molar-refractivity contribution in [2.45, 2.75) is 13.3 Å². The maximum Gasteiger partial charge on any atom is 0.220 e. The van der Waals surface area contributed by atoms with Crippen LogP contribution in [0.1, 0.15) is 11.3 Å². The average molecular weight is 311 g/mol. The first-order valence-corrected chi connectivity index (χ1v) is 6.46. The summed E-state index contributed by atoms with van der Waals surface area (Å²) < 4.78 is 8.16. The van der Waals surface area contributed by atoms with Gasteiger partial charge in [0.25, 0.3) is 0 Å². The number of hydrogen-bond acceptors (Lipinski definition) is 3. The number of methoxy groups -OCH3 is 1. The van der Waals surface area contributed by atoms with Gasteiger partial charge in [-0.1, -0.05) is 22.0 Å². The van der Waals surface area contributed by atoms with Gasteiger partial charge in [-0.25, -0.2) is 4.68 Å². The molecule has 2 rings (SSSR count). The second kappa shape index (κ2) is 5.54. The molecule has 0 atom stereocenters. The fourth-order valence-corrected chi connectivity index (χ4v) is 2.32. The maximum atomic E-state index is 9.09. The monoisotopic (exact) mass is 310 g/mol. The molecule has 0 radical (unpaired) electrons. The third-order valence-corrected chi connectivity index (χ3v) is 3.24. The first-order chi connectivity index (χ1) is 8.67. The lowest BCUT2D eigenvalue weighted by atomic mass is 10.2. The number of hydrogen-bond donors (Lipinski definition) is 1. The van der Waals surface area contributed by atoms with Crippen molar-refractivity contribution in [3.8, 4) is 11.6 Å². The van der Waals surface area contributed by atoms with Crippen molar-refractivity contribution in [3.05, 3.63) is 40.0 Å². The predicted molar refractivity (Wildman–Crippen MR) is 73.3 cm³/mol. The van der Waals surface area contributed by atoms with Gasteiger partial charge in [0.05, 0.1) is 18.5 Å². The highest BCUT2D eigenvalue weighted by Gasteiger charge is 2.16. The smallest absolute Gasteiger partial charge is 0.220 e. The van der Waals surface area contributed by atoms with Crippen LogP contribution in [0.2, 0.25) is 0 Å². The fraction of sp³-hybridized carbons (Fsp3) is 0.308. The van der Waals surface area contributed by atoms with Gasteiger partial charge in [-0.05, 0) is 25.1 Å². The highest BCUT2D eigenvalue weighted by atomic mass is 79.9. The molecule has 0 unspecified atom stereocenters. The number of halogens is 1. The second-order valence-corrected chi connectivity index (χ2v) is 4.85. The van der Waals surface area contributed by atoms with Crippen molar-refractivity contribution in [2.75, 3.05) is 13.7 Å². The van der Waals surface area contributed by atoms with Gasteiger partial charge >= 0.3 is 0 Å². The summed E-state index contributed by atoms with van der Waals surface area (Å²) >= 11 is 3.44. The molecule has 5 heteroatoms. The Labute approximate surface area is 114 Å². The lowest BCUT2D eigenvalue weighted by Gasteiger charge is -2.08. The molecule has 96 valence electrons. The van der Waals surface area contributed by atoms with Crippen LogP contribution in [0.25, 0.3) is 5.69 Å². The molecule has 18 heavy (non-hydrogen) atoms. The van der Waals surface area contributed by atoms with Crippen LogP contribution >= 0.6 is 15.9 Å². The van der Waals surface area contributed by atoms with Gasteiger partial charge < -0.3 is 9.84 Å². The number of rotatable bonds is 4. The van der Waals surface area contributed by atoms with E-state index in [9.17, 15) is 0 Å². The second-order valence-electron chi connectivity index (χ2n) is 3.94. The molecule has 1 aromatic carbocycles. The third-order valence-electron chi connectivity index (χ3n) is 2.75. The maximum absolute atomic E-state index is 9.09. The van der Waals surface area contributed by atoms with E-state index in [4.69, 9.17) is 9.84 Å². The molecular formula is C13H15BrN2O2. The van der Waals surface area contributed by atoms with Crippen molar-refractivity contribution >= 4 is 15.9 Å². The van der Waals surface area contributed by atoms with E-state index in [1.54, 1.807) is 11.8 Å². The molecule has 1 N–H and O–H groups in total. The number of benzene rings is 1. The van der Waals surface area contributed by atoms with Gasteiger partial charge in [0, 0.05) is 23.1 Å². The molecule has 1 aromatic heterocycles. The van der Waals surface area contributed by atoms with Crippen LogP contribution < -0.4 is 4.74 Å². The minimum absolute atomic E-state index is 0.0847. The van der Waals surface area contributed by atoms with Gasteiger partial charge in [-0.2, -0.15) is 5.10 Å². The number of aromatic nitrogens is 2. The number of nitrogens with zero attached hydrogens (tertiary/aromatic N) is 2. The summed E-state index contributed by atoms with van der Waals surface area (Å²) in [5.74, 6) is 0.680. The molecule has 4 nitrogen and oxygen atoms in total. The highest BCUT2D eigenvalue weighted by molar-refractivity contribution is 9.10. The van der Waals surface area contributed by atoms with Gasteiger partial charge in [0.2, 0.25) is 5.88 Å². The van der Waals surface area contributed by atoms with E-state index in [-0.39, 0.29) is 6.61 Å². The quantitative estimate of drug-likeness (QED) is 0.944. The van der Waals surface area contributed by atoms with Crippen molar-refractivity contribution in [3.63, 3.8) is 0 Å². The molecule has 0 aliphatic heterocycles. The molecule has 0 saturated heterocycles. The van der Waals surface area contributed by atoms with Crippen molar-refractivity contribution in [2.24, 2.45) is 0 Å². The zero-order chi connectivity index (χ0) is 13.1. The standard InChI is InChI=1S/C13H15BrN2O2/c1-9-12(6-7-17)13(18-2)16(15-9)11-5-3-4-10(14)8-11/h3-5,8,17H,6-7H2,1-2H3. The predicted octanol–water partition coefficient (Wildman–Crippen LogP) is 2.49. The lowest BCUT2D eigenvalue weighted by Crippen LogP contribution is -2.01. The first kappa shape index (κ1) is 13.1. The molecule has 0 fully saturated rings. The van der Waals surface area contributed by atoms with E-state index >= 15 is 0 Å². The van der Waals surface area contributed by atoms with Gasteiger partial charge in [0.15, 0.2) is 0 Å². The van der Waals surface area contributed by atoms with Crippen LogP contribution in [-0.2, 0) is 6.42 Å². The zero-order valence-electron chi connectivity index (χ0n) is 10.4. The third kappa shape index (κ3) is 2.42. The Morgan fingerprint density at radius 1 is 1.44 bits per heavy atom. The van der Waals surface area contributed by atoms with E-state index < -0.39 is 0 Å². The minimum Gasteiger partial charge on any atom is -0.481 e. The topological polar surface area (TPSA) is 47.3 Å². The van der Waals surface area contributed by atoms with E-state index in [0.717, 1.165) is 21.4 Å². The average Bonchev–Trinajstić information content (AvgIpc) is 2.67. The van der Waals surface area contributed by atoms with Gasteiger partial charge in [-0.15, -0.1) is 0 Å². The van der Waals surface area contributed by atoms with Gasteiger partial charge in [0.1, 0.15) is 0 Å². The summed E-state index contributed by atoms with van der Waals surface area (Å²) in [5.41, 5.74) is 2.74.